The zero-order chi connectivity index (χ0) is 18.3. The minimum atomic E-state index is 0.0102. The number of fused-ring (bicyclic) bond motifs is 1. The summed E-state index contributed by atoms with van der Waals surface area (Å²) in [4.78, 5) is 8.06. The highest BCUT2D eigenvalue weighted by Crippen LogP contribution is 2.45. The maximum Gasteiger partial charge on any atom is 0.292 e. The maximum absolute atomic E-state index is 9.53. The molecule has 0 fully saturated rings. The number of anilines is 2. The summed E-state index contributed by atoms with van der Waals surface area (Å²) in [7, 11) is 1.52. The van der Waals surface area contributed by atoms with Crippen LogP contribution >= 0.6 is 0 Å². The molecule has 2 aromatic heterocycles. The smallest absolute Gasteiger partial charge is 0.292 e. The van der Waals surface area contributed by atoms with Crippen LogP contribution in [0.15, 0.2) is 28.8 Å². The second-order valence-electron chi connectivity index (χ2n) is 5.40. The molecule has 1 aliphatic rings. The van der Waals surface area contributed by atoms with Crippen LogP contribution in [0.25, 0.3) is 22.6 Å². The number of rotatable bonds is 3. The van der Waals surface area contributed by atoms with Crippen LogP contribution < -0.4 is 25.7 Å². The third kappa shape index (κ3) is 2.41. The number of ether oxygens (including phenoxy) is 3. The van der Waals surface area contributed by atoms with Crippen LogP contribution in [-0.2, 0) is 0 Å². The Bertz CT molecular complexity index is 1050. The molecule has 0 radical (unpaired) electrons. The van der Waals surface area contributed by atoms with Crippen molar-refractivity contribution in [2.75, 3.05) is 25.4 Å². The molecule has 0 amide bonds. The van der Waals surface area contributed by atoms with Gasteiger partial charge in [0.1, 0.15) is 23.1 Å². The quantitative estimate of drug-likeness (QED) is 0.725. The molecule has 0 saturated carbocycles. The third-order valence-corrected chi connectivity index (χ3v) is 3.90. The lowest BCUT2D eigenvalue weighted by atomic mass is 9.99. The van der Waals surface area contributed by atoms with Gasteiger partial charge in [-0.1, -0.05) is 0 Å². The SMILES string of the molecule is COc1cc(-c2cc(-c3cnc(N)o3)nc(N)c2C#N)cc2c1OCO2. The topological polar surface area (TPSA) is 142 Å². The van der Waals surface area contributed by atoms with Crippen molar-refractivity contribution in [2.45, 2.75) is 0 Å². The van der Waals surface area contributed by atoms with E-state index in [2.05, 4.69) is 16.0 Å². The zero-order valence-corrected chi connectivity index (χ0v) is 13.6. The molecule has 0 unspecified atom stereocenters. The molecule has 4 N–H and O–H groups in total. The first-order chi connectivity index (χ1) is 12.6. The van der Waals surface area contributed by atoms with Gasteiger partial charge in [-0.3, -0.25) is 0 Å². The number of pyridine rings is 1. The number of aromatic nitrogens is 2. The molecule has 1 aromatic carbocycles. The van der Waals surface area contributed by atoms with Crippen LogP contribution in [0.1, 0.15) is 5.56 Å². The first-order valence-corrected chi connectivity index (χ1v) is 7.51. The summed E-state index contributed by atoms with van der Waals surface area (Å²) in [5.74, 6) is 1.92. The summed E-state index contributed by atoms with van der Waals surface area (Å²) < 4.78 is 21.5. The fraction of sp³-hybridized carbons (Fsp3) is 0.118. The second kappa shape index (κ2) is 5.86. The number of nitrogen functional groups attached to an aromatic ring is 2. The summed E-state index contributed by atoms with van der Waals surface area (Å²) in [5, 5.41) is 9.53. The predicted molar refractivity (Wildman–Crippen MR) is 91.4 cm³/mol. The Morgan fingerprint density at radius 1 is 1.23 bits per heavy atom. The molecule has 9 nitrogen and oxygen atoms in total. The summed E-state index contributed by atoms with van der Waals surface area (Å²) in [5.41, 5.74) is 13.3. The molecule has 4 rings (SSSR count). The van der Waals surface area contributed by atoms with Gasteiger partial charge in [0.15, 0.2) is 17.3 Å². The number of hydrogen-bond acceptors (Lipinski definition) is 9. The van der Waals surface area contributed by atoms with Crippen LogP contribution in [0.4, 0.5) is 11.8 Å². The molecule has 0 spiro atoms. The van der Waals surface area contributed by atoms with Crippen molar-refractivity contribution < 1.29 is 18.6 Å². The van der Waals surface area contributed by atoms with E-state index >= 15 is 0 Å². The van der Waals surface area contributed by atoms with Crippen molar-refractivity contribution in [3.05, 3.63) is 30.0 Å². The average molecular weight is 351 g/mol. The third-order valence-electron chi connectivity index (χ3n) is 3.90. The number of nitriles is 1. The molecule has 0 atom stereocenters. The molecule has 0 saturated heterocycles. The van der Waals surface area contributed by atoms with E-state index in [1.54, 1.807) is 18.2 Å². The van der Waals surface area contributed by atoms with Crippen LogP contribution in [0.2, 0.25) is 0 Å². The van der Waals surface area contributed by atoms with Gasteiger partial charge in [0.2, 0.25) is 12.5 Å². The Morgan fingerprint density at radius 2 is 2.08 bits per heavy atom. The van der Waals surface area contributed by atoms with Gasteiger partial charge >= 0.3 is 0 Å². The Morgan fingerprint density at radius 3 is 2.77 bits per heavy atom. The molecule has 3 heterocycles. The Hall–Kier alpha value is -3.93. The zero-order valence-electron chi connectivity index (χ0n) is 13.6. The molecule has 0 aliphatic carbocycles. The fourth-order valence-electron chi connectivity index (χ4n) is 2.73. The Kier molecular flexibility index (Phi) is 3.51. The monoisotopic (exact) mass is 351 g/mol. The van der Waals surface area contributed by atoms with E-state index < -0.39 is 0 Å². The maximum atomic E-state index is 9.53. The summed E-state index contributed by atoms with van der Waals surface area (Å²) >= 11 is 0. The highest BCUT2D eigenvalue weighted by molar-refractivity contribution is 5.81. The molecule has 9 heteroatoms. The number of methoxy groups -OCH3 is 1. The normalized spacial score (nSPS) is 12.0. The molecule has 130 valence electrons. The van der Waals surface area contributed by atoms with Crippen molar-refractivity contribution >= 4 is 11.8 Å². The highest BCUT2D eigenvalue weighted by atomic mass is 16.7. The number of nitrogens with zero attached hydrogens (tertiary/aromatic N) is 3. The first kappa shape index (κ1) is 15.6. The van der Waals surface area contributed by atoms with E-state index in [1.165, 1.54) is 13.3 Å². The fourth-order valence-corrected chi connectivity index (χ4v) is 2.73. The van der Waals surface area contributed by atoms with E-state index in [0.717, 1.165) is 0 Å². The van der Waals surface area contributed by atoms with Gasteiger partial charge in [0.25, 0.3) is 6.01 Å². The number of hydrogen-bond donors (Lipinski definition) is 2. The van der Waals surface area contributed by atoms with Crippen molar-refractivity contribution in [2.24, 2.45) is 0 Å². The van der Waals surface area contributed by atoms with Gasteiger partial charge in [0.05, 0.1) is 13.3 Å². The molecule has 1 aliphatic heterocycles. The lowest BCUT2D eigenvalue weighted by molar-refractivity contribution is 0.171. The lowest BCUT2D eigenvalue weighted by Crippen LogP contribution is -2.00. The van der Waals surface area contributed by atoms with E-state index in [9.17, 15) is 5.26 Å². The van der Waals surface area contributed by atoms with Crippen LogP contribution in [0.5, 0.6) is 17.2 Å². The van der Waals surface area contributed by atoms with Gasteiger partial charge < -0.3 is 30.1 Å². The van der Waals surface area contributed by atoms with Gasteiger partial charge in [-0.2, -0.15) is 5.26 Å². The number of nitrogens with two attached hydrogens (primary N) is 2. The van der Waals surface area contributed by atoms with Gasteiger partial charge in [-0.05, 0) is 23.8 Å². The highest BCUT2D eigenvalue weighted by Gasteiger charge is 2.23. The van der Waals surface area contributed by atoms with Crippen molar-refractivity contribution in [3.63, 3.8) is 0 Å². The van der Waals surface area contributed by atoms with Gasteiger partial charge in [-0.25, -0.2) is 9.97 Å². The summed E-state index contributed by atoms with van der Waals surface area (Å²) in [6, 6.07) is 7.25. The molecule has 26 heavy (non-hydrogen) atoms. The predicted octanol–water partition coefficient (Wildman–Crippen LogP) is 2.18. The first-order valence-electron chi connectivity index (χ1n) is 7.51. The van der Waals surface area contributed by atoms with Crippen LogP contribution in [0.3, 0.4) is 0 Å². The van der Waals surface area contributed by atoms with Crippen LogP contribution in [-0.4, -0.2) is 23.9 Å². The molecule has 3 aromatic rings. The van der Waals surface area contributed by atoms with E-state index in [4.69, 9.17) is 30.1 Å². The lowest BCUT2D eigenvalue weighted by Gasteiger charge is -2.11. The average Bonchev–Trinajstić information content (AvgIpc) is 3.28. The number of benzene rings is 1. The van der Waals surface area contributed by atoms with Crippen LogP contribution in [0, 0.1) is 11.3 Å². The van der Waals surface area contributed by atoms with Gasteiger partial charge in [0, 0.05) is 5.56 Å². The molecule has 0 bridgehead atoms. The number of oxazole rings is 1. The van der Waals surface area contributed by atoms with Crippen molar-refractivity contribution in [1.82, 2.24) is 9.97 Å². The Labute approximate surface area is 147 Å². The van der Waals surface area contributed by atoms with Gasteiger partial charge in [-0.15, -0.1) is 0 Å². The molecular formula is C17H13N5O4. The summed E-state index contributed by atoms with van der Waals surface area (Å²) in [6.07, 6.45) is 1.44. The largest absolute Gasteiger partial charge is 0.493 e. The van der Waals surface area contributed by atoms with E-state index in [-0.39, 0.29) is 24.2 Å². The van der Waals surface area contributed by atoms with E-state index in [0.29, 0.717) is 39.8 Å². The minimum absolute atomic E-state index is 0.0102. The van der Waals surface area contributed by atoms with E-state index in [1.807, 2.05) is 0 Å². The Balaban J connectivity index is 1.94. The minimum Gasteiger partial charge on any atom is -0.493 e. The van der Waals surface area contributed by atoms with Crippen molar-refractivity contribution in [1.29, 1.82) is 5.26 Å². The molecular weight excluding hydrogens is 338 g/mol. The van der Waals surface area contributed by atoms with Crippen molar-refractivity contribution in [3.8, 4) is 45.9 Å². The summed E-state index contributed by atoms with van der Waals surface area (Å²) in [6.45, 7) is 0.0985. The standard InChI is InChI=1S/C17H13N5O4/c1-23-12-2-8(3-13-15(12)25-7-24-13)9-4-11(14-6-21-17(20)26-14)22-16(19)10(9)5-18/h2-4,6H,7H2,1H3,(H2,19,22)(H2,20,21). The second-order valence-corrected chi connectivity index (χ2v) is 5.40.